The first-order valence-corrected chi connectivity index (χ1v) is 13.3. The zero-order valence-electron chi connectivity index (χ0n) is 22.6. The van der Waals surface area contributed by atoms with Crippen LogP contribution in [0.15, 0.2) is 83.9 Å². The SMILES string of the molecule is CCCCC1=NC(c2ccccc2)C(=O)N1Cc1ccc(-c2cccc(OC(C)(C)C(=O)OCC)c2)cc1. The van der Waals surface area contributed by atoms with E-state index in [1.165, 1.54) is 0 Å². The third-order valence-corrected chi connectivity index (χ3v) is 6.56. The fourth-order valence-corrected chi connectivity index (χ4v) is 4.47. The lowest BCUT2D eigenvalue weighted by Gasteiger charge is -2.24. The van der Waals surface area contributed by atoms with Crippen LogP contribution in [0.25, 0.3) is 11.1 Å². The highest BCUT2D eigenvalue weighted by Gasteiger charge is 2.35. The van der Waals surface area contributed by atoms with Crippen molar-refractivity contribution < 1.29 is 19.1 Å². The summed E-state index contributed by atoms with van der Waals surface area (Å²) in [6.45, 7) is 8.12. The zero-order chi connectivity index (χ0) is 27.1. The third kappa shape index (κ3) is 6.31. The minimum absolute atomic E-state index is 0.0282. The quantitative estimate of drug-likeness (QED) is 0.267. The zero-order valence-corrected chi connectivity index (χ0v) is 22.6. The lowest BCUT2D eigenvalue weighted by molar-refractivity contribution is -0.158. The molecule has 0 saturated carbocycles. The average molecular weight is 513 g/mol. The van der Waals surface area contributed by atoms with Gasteiger partial charge in [0, 0.05) is 6.42 Å². The first-order chi connectivity index (χ1) is 18.3. The molecule has 1 aliphatic rings. The van der Waals surface area contributed by atoms with E-state index in [0.29, 0.717) is 18.9 Å². The standard InChI is InChI=1S/C32H36N2O4/c1-5-7-16-28-33-29(25-12-9-8-10-13-25)30(35)34(28)22-23-17-19-24(20-18-23)26-14-11-15-27(21-26)38-32(3,4)31(36)37-6-2/h8-15,17-21,29H,5-7,16,22H2,1-4H3. The van der Waals surface area contributed by atoms with Gasteiger partial charge in [0.25, 0.3) is 5.91 Å². The molecule has 0 N–H and O–H groups in total. The molecule has 0 spiro atoms. The summed E-state index contributed by atoms with van der Waals surface area (Å²) in [5.41, 5.74) is 2.87. The Morgan fingerprint density at radius 2 is 1.68 bits per heavy atom. The van der Waals surface area contributed by atoms with Crippen LogP contribution in [0.5, 0.6) is 5.75 Å². The van der Waals surface area contributed by atoms with Crippen molar-refractivity contribution in [2.45, 2.75) is 65.1 Å². The van der Waals surface area contributed by atoms with E-state index < -0.39 is 17.6 Å². The number of hydrogen-bond donors (Lipinski definition) is 0. The molecule has 3 aromatic rings. The average Bonchev–Trinajstić information content (AvgIpc) is 3.23. The van der Waals surface area contributed by atoms with Crippen molar-refractivity contribution in [1.29, 1.82) is 0 Å². The van der Waals surface area contributed by atoms with Gasteiger partial charge in [-0.05, 0) is 61.6 Å². The molecule has 1 heterocycles. The molecular weight excluding hydrogens is 476 g/mol. The summed E-state index contributed by atoms with van der Waals surface area (Å²) in [5, 5.41) is 0. The van der Waals surface area contributed by atoms with Gasteiger partial charge in [0.15, 0.2) is 11.6 Å². The van der Waals surface area contributed by atoms with E-state index >= 15 is 0 Å². The van der Waals surface area contributed by atoms with Crippen LogP contribution < -0.4 is 4.74 Å². The second kappa shape index (κ2) is 12.1. The Balaban J connectivity index is 1.49. The molecule has 0 aliphatic carbocycles. The Bertz CT molecular complexity index is 1280. The smallest absolute Gasteiger partial charge is 0.349 e. The maximum absolute atomic E-state index is 13.4. The number of hydrogen-bond acceptors (Lipinski definition) is 5. The van der Waals surface area contributed by atoms with Crippen LogP contribution in [-0.2, 0) is 20.9 Å². The summed E-state index contributed by atoms with van der Waals surface area (Å²) in [4.78, 5) is 32.3. The first kappa shape index (κ1) is 27.1. The van der Waals surface area contributed by atoms with E-state index in [4.69, 9.17) is 14.5 Å². The summed E-state index contributed by atoms with van der Waals surface area (Å²) >= 11 is 0. The lowest BCUT2D eigenvalue weighted by atomic mass is 10.0. The second-order valence-corrected chi connectivity index (χ2v) is 9.94. The third-order valence-electron chi connectivity index (χ3n) is 6.56. The first-order valence-electron chi connectivity index (χ1n) is 13.3. The number of rotatable bonds is 11. The number of nitrogens with zero attached hydrogens (tertiary/aromatic N) is 2. The fourth-order valence-electron chi connectivity index (χ4n) is 4.47. The van der Waals surface area contributed by atoms with Gasteiger partial charge in [-0.1, -0.05) is 80.1 Å². The molecule has 38 heavy (non-hydrogen) atoms. The molecule has 6 nitrogen and oxygen atoms in total. The van der Waals surface area contributed by atoms with E-state index in [-0.39, 0.29) is 5.91 Å². The van der Waals surface area contributed by atoms with Crippen LogP contribution >= 0.6 is 0 Å². The highest BCUT2D eigenvalue weighted by molar-refractivity contribution is 6.06. The molecular formula is C32H36N2O4. The Kier molecular flexibility index (Phi) is 8.62. The van der Waals surface area contributed by atoms with Gasteiger partial charge in [0.05, 0.1) is 13.2 Å². The molecule has 0 fully saturated rings. The molecule has 1 unspecified atom stereocenters. The van der Waals surface area contributed by atoms with E-state index in [1.54, 1.807) is 20.8 Å². The molecule has 198 valence electrons. The van der Waals surface area contributed by atoms with Gasteiger partial charge in [-0.25, -0.2) is 4.79 Å². The van der Waals surface area contributed by atoms with Crippen LogP contribution in [-0.4, -0.2) is 34.8 Å². The number of amides is 1. The molecule has 1 amide bonds. The number of aliphatic imine (C=N–C) groups is 1. The van der Waals surface area contributed by atoms with Crippen molar-refractivity contribution in [3.63, 3.8) is 0 Å². The molecule has 0 radical (unpaired) electrons. The van der Waals surface area contributed by atoms with Gasteiger partial charge in [0.2, 0.25) is 0 Å². The summed E-state index contributed by atoms with van der Waals surface area (Å²) in [7, 11) is 0. The predicted octanol–water partition coefficient (Wildman–Crippen LogP) is 6.75. The summed E-state index contributed by atoms with van der Waals surface area (Å²) in [5.74, 6) is 1.09. The van der Waals surface area contributed by atoms with E-state index in [9.17, 15) is 9.59 Å². The number of benzene rings is 3. The van der Waals surface area contributed by atoms with Crippen molar-refractivity contribution in [1.82, 2.24) is 4.90 Å². The number of unbranched alkanes of at least 4 members (excludes halogenated alkanes) is 1. The van der Waals surface area contributed by atoms with E-state index in [1.807, 2.05) is 83.8 Å². The number of amidine groups is 1. The van der Waals surface area contributed by atoms with E-state index in [2.05, 4.69) is 6.92 Å². The minimum Gasteiger partial charge on any atom is -0.476 e. The normalized spacial score (nSPS) is 15.4. The summed E-state index contributed by atoms with van der Waals surface area (Å²) in [6, 6.07) is 25.2. The van der Waals surface area contributed by atoms with Crippen molar-refractivity contribution in [3.05, 3.63) is 90.0 Å². The van der Waals surface area contributed by atoms with Crippen LogP contribution in [0.2, 0.25) is 0 Å². The largest absolute Gasteiger partial charge is 0.476 e. The van der Waals surface area contributed by atoms with Gasteiger partial charge < -0.3 is 9.47 Å². The van der Waals surface area contributed by atoms with Gasteiger partial charge in [0.1, 0.15) is 11.6 Å². The Labute approximate surface area is 225 Å². The van der Waals surface area contributed by atoms with Crippen molar-refractivity contribution >= 4 is 17.7 Å². The highest BCUT2D eigenvalue weighted by Crippen LogP contribution is 2.31. The Morgan fingerprint density at radius 1 is 0.947 bits per heavy atom. The molecule has 4 rings (SSSR count). The molecule has 0 aromatic heterocycles. The maximum Gasteiger partial charge on any atom is 0.349 e. The molecule has 0 saturated heterocycles. The number of carbonyl (C=O) groups is 2. The van der Waals surface area contributed by atoms with Crippen molar-refractivity contribution in [2.24, 2.45) is 4.99 Å². The number of esters is 1. The molecule has 1 atom stereocenters. The monoisotopic (exact) mass is 512 g/mol. The van der Waals surface area contributed by atoms with Crippen LogP contribution in [0.3, 0.4) is 0 Å². The summed E-state index contributed by atoms with van der Waals surface area (Å²) in [6.07, 6.45) is 2.83. The lowest BCUT2D eigenvalue weighted by Crippen LogP contribution is -2.39. The Hall–Kier alpha value is -3.93. The van der Waals surface area contributed by atoms with Gasteiger partial charge in [-0.2, -0.15) is 0 Å². The van der Waals surface area contributed by atoms with Crippen molar-refractivity contribution in [2.75, 3.05) is 6.61 Å². The van der Waals surface area contributed by atoms with Crippen LogP contribution in [0.1, 0.15) is 64.1 Å². The van der Waals surface area contributed by atoms with Crippen LogP contribution in [0, 0.1) is 0 Å². The van der Waals surface area contributed by atoms with Gasteiger partial charge >= 0.3 is 5.97 Å². The molecule has 1 aliphatic heterocycles. The van der Waals surface area contributed by atoms with Crippen molar-refractivity contribution in [3.8, 4) is 16.9 Å². The fraction of sp³-hybridized carbons (Fsp3) is 0.344. The highest BCUT2D eigenvalue weighted by atomic mass is 16.6. The Morgan fingerprint density at radius 3 is 2.37 bits per heavy atom. The summed E-state index contributed by atoms with van der Waals surface area (Å²) < 4.78 is 11.1. The van der Waals surface area contributed by atoms with Gasteiger partial charge in [-0.3, -0.25) is 14.7 Å². The molecule has 3 aromatic carbocycles. The van der Waals surface area contributed by atoms with Crippen LogP contribution in [0.4, 0.5) is 0 Å². The topological polar surface area (TPSA) is 68.2 Å². The number of ether oxygens (including phenoxy) is 2. The predicted molar refractivity (Wildman–Crippen MR) is 150 cm³/mol. The van der Waals surface area contributed by atoms with Gasteiger partial charge in [-0.15, -0.1) is 0 Å². The number of carbonyl (C=O) groups excluding carboxylic acids is 2. The van der Waals surface area contributed by atoms with E-state index in [0.717, 1.165) is 47.4 Å². The minimum atomic E-state index is -1.09. The molecule has 6 heteroatoms. The second-order valence-electron chi connectivity index (χ2n) is 9.94. The molecule has 0 bridgehead atoms. The maximum atomic E-state index is 13.4.